The minimum atomic E-state index is 0.0735. The van der Waals surface area contributed by atoms with Crippen LogP contribution in [0.1, 0.15) is 29.8 Å². The van der Waals surface area contributed by atoms with Crippen molar-refractivity contribution < 1.29 is 4.79 Å². The number of aromatic nitrogens is 4. The third-order valence-corrected chi connectivity index (χ3v) is 3.58. The summed E-state index contributed by atoms with van der Waals surface area (Å²) in [7, 11) is 0. The topological polar surface area (TPSA) is 86.5 Å². The molecule has 3 aromatic rings. The molecule has 2 heterocycles. The number of aromatic amines is 2. The standard InChI is InChI=1S/C16H19N5O/c1-11-20-14-6-5-12(7-15(14)21-11)8-17-16(22)4-2-3-13-9-18-19-10-13/h5-7,9-10H,2-4,8H2,1H3,(H,17,22)(H,18,19)(H,20,21). The van der Waals surface area contributed by atoms with E-state index in [1.165, 1.54) is 0 Å². The van der Waals surface area contributed by atoms with Crippen LogP contribution in [0.3, 0.4) is 0 Å². The smallest absolute Gasteiger partial charge is 0.220 e. The third kappa shape index (κ3) is 3.52. The molecule has 0 saturated heterocycles. The lowest BCUT2D eigenvalue weighted by molar-refractivity contribution is -0.121. The molecule has 22 heavy (non-hydrogen) atoms. The van der Waals surface area contributed by atoms with Gasteiger partial charge in [-0.2, -0.15) is 5.10 Å². The zero-order valence-corrected chi connectivity index (χ0v) is 12.5. The van der Waals surface area contributed by atoms with Crippen molar-refractivity contribution in [1.29, 1.82) is 0 Å². The monoisotopic (exact) mass is 297 g/mol. The number of benzene rings is 1. The van der Waals surface area contributed by atoms with Crippen molar-refractivity contribution in [2.75, 3.05) is 0 Å². The van der Waals surface area contributed by atoms with Crippen LogP contribution in [0.2, 0.25) is 0 Å². The maximum atomic E-state index is 11.9. The Hall–Kier alpha value is -2.63. The molecule has 0 bridgehead atoms. The first-order valence-electron chi connectivity index (χ1n) is 7.40. The van der Waals surface area contributed by atoms with Gasteiger partial charge >= 0.3 is 0 Å². The lowest BCUT2D eigenvalue weighted by Gasteiger charge is -2.05. The number of hydrogen-bond donors (Lipinski definition) is 3. The first-order valence-corrected chi connectivity index (χ1v) is 7.40. The number of imidazole rings is 1. The first-order chi connectivity index (χ1) is 10.7. The molecule has 0 fully saturated rings. The van der Waals surface area contributed by atoms with Crippen LogP contribution in [-0.2, 0) is 17.8 Å². The van der Waals surface area contributed by atoms with Gasteiger partial charge < -0.3 is 10.3 Å². The fourth-order valence-electron chi connectivity index (χ4n) is 2.45. The Balaban J connectivity index is 1.47. The van der Waals surface area contributed by atoms with Crippen LogP contribution in [0.5, 0.6) is 0 Å². The number of aryl methyl sites for hydroxylation is 2. The molecule has 0 atom stereocenters. The Bertz CT molecular complexity index is 760. The maximum absolute atomic E-state index is 11.9. The van der Waals surface area contributed by atoms with Gasteiger partial charge in [0.1, 0.15) is 5.82 Å². The number of rotatable bonds is 6. The molecule has 0 spiro atoms. The highest BCUT2D eigenvalue weighted by molar-refractivity contribution is 5.77. The van der Waals surface area contributed by atoms with Gasteiger partial charge in [0.25, 0.3) is 0 Å². The predicted molar refractivity (Wildman–Crippen MR) is 84.2 cm³/mol. The number of amides is 1. The lowest BCUT2D eigenvalue weighted by Crippen LogP contribution is -2.22. The molecule has 0 saturated carbocycles. The van der Waals surface area contributed by atoms with Crippen molar-refractivity contribution in [3.63, 3.8) is 0 Å². The van der Waals surface area contributed by atoms with Gasteiger partial charge in [-0.1, -0.05) is 6.07 Å². The van der Waals surface area contributed by atoms with E-state index in [0.29, 0.717) is 13.0 Å². The average molecular weight is 297 g/mol. The summed E-state index contributed by atoms with van der Waals surface area (Å²) in [6, 6.07) is 5.99. The summed E-state index contributed by atoms with van der Waals surface area (Å²) in [5.41, 5.74) is 4.16. The summed E-state index contributed by atoms with van der Waals surface area (Å²) >= 11 is 0. The van der Waals surface area contributed by atoms with E-state index in [0.717, 1.165) is 40.8 Å². The van der Waals surface area contributed by atoms with Gasteiger partial charge in [0.15, 0.2) is 0 Å². The minimum Gasteiger partial charge on any atom is -0.352 e. The number of H-pyrrole nitrogens is 2. The van der Waals surface area contributed by atoms with E-state index in [2.05, 4.69) is 25.5 Å². The number of fused-ring (bicyclic) bond motifs is 1. The van der Waals surface area contributed by atoms with Crippen molar-refractivity contribution in [1.82, 2.24) is 25.5 Å². The Kier molecular flexibility index (Phi) is 4.18. The molecule has 0 aliphatic rings. The highest BCUT2D eigenvalue weighted by Gasteiger charge is 2.04. The molecule has 6 nitrogen and oxygen atoms in total. The maximum Gasteiger partial charge on any atom is 0.220 e. The van der Waals surface area contributed by atoms with E-state index in [1.54, 1.807) is 6.20 Å². The van der Waals surface area contributed by atoms with Crippen molar-refractivity contribution in [2.24, 2.45) is 0 Å². The Labute approximate surface area is 128 Å². The van der Waals surface area contributed by atoms with Crippen LogP contribution in [0.4, 0.5) is 0 Å². The Morgan fingerprint density at radius 3 is 3.05 bits per heavy atom. The van der Waals surface area contributed by atoms with Crippen molar-refractivity contribution in [3.05, 3.63) is 47.5 Å². The number of carbonyl (C=O) groups excluding carboxylic acids is 1. The normalized spacial score (nSPS) is 11.0. The van der Waals surface area contributed by atoms with Gasteiger partial charge in [-0.3, -0.25) is 9.89 Å². The van der Waals surface area contributed by atoms with E-state index >= 15 is 0 Å². The SMILES string of the molecule is Cc1nc2ccc(CNC(=O)CCCc3cn[nH]c3)cc2[nH]1. The van der Waals surface area contributed by atoms with Crippen LogP contribution < -0.4 is 5.32 Å². The molecule has 1 aromatic carbocycles. The van der Waals surface area contributed by atoms with Crippen molar-refractivity contribution in [2.45, 2.75) is 32.7 Å². The Morgan fingerprint density at radius 2 is 2.23 bits per heavy atom. The fourth-order valence-corrected chi connectivity index (χ4v) is 2.45. The van der Waals surface area contributed by atoms with Gasteiger partial charge in [-0.15, -0.1) is 0 Å². The predicted octanol–water partition coefficient (Wildman–Crippen LogP) is 2.23. The zero-order chi connectivity index (χ0) is 15.4. The first kappa shape index (κ1) is 14.3. The molecule has 114 valence electrons. The number of carbonyl (C=O) groups is 1. The minimum absolute atomic E-state index is 0.0735. The van der Waals surface area contributed by atoms with Crippen LogP contribution in [0.25, 0.3) is 11.0 Å². The summed E-state index contributed by atoms with van der Waals surface area (Å²) in [6.07, 6.45) is 5.86. The van der Waals surface area contributed by atoms with E-state index in [9.17, 15) is 4.79 Å². The summed E-state index contributed by atoms with van der Waals surface area (Å²) < 4.78 is 0. The summed E-state index contributed by atoms with van der Waals surface area (Å²) in [4.78, 5) is 19.4. The van der Waals surface area contributed by atoms with Gasteiger partial charge in [0, 0.05) is 19.2 Å². The van der Waals surface area contributed by atoms with Crippen LogP contribution in [0.15, 0.2) is 30.6 Å². The van der Waals surface area contributed by atoms with Gasteiger partial charge in [-0.25, -0.2) is 4.98 Å². The fraction of sp³-hybridized carbons (Fsp3) is 0.312. The second-order valence-electron chi connectivity index (χ2n) is 5.41. The van der Waals surface area contributed by atoms with Crippen LogP contribution in [-0.4, -0.2) is 26.1 Å². The summed E-state index contributed by atoms with van der Waals surface area (Å²) in [6.45, 7) is 2.47. The number of hydrogen-bond acceptors (Lipinski definition) is 3. The lowest BCUT2D eigenvalue weighted by atomic mass is 10.1. The second kappa shape index (κ2) is 6.43. The molecule has 0 aliphatic carbocycles. The van der Waals surface area contributed by atoms with E-state index < -0.39 is 0 Å². The molecule has 0 unspecified atom stereocenters. The van der Waals surface area contributed by atoms with Gasteiger partial charge in [0.2, 0.25) is 5.91 Å². The highest BCUT2D eigenvalue weighted by Crippen LogP contribution is 2.13. The number of nitrogens with one attached hydrogen (secondary N) is 3. The molecule has 6 heteroatoms. The molecule has 2 aromatic heterocycles. The average Bonchev–Trinajstić information content (AvgIpc) is 3.12. The Morgan fingerprint density at radius 1 is 1.32 bits per heavy atom. The molecule has 0 radical (unpaired) electrons. The van der Waals surface area contributed by atoms with Gasteiger partial charge in [-0.05, 0) is 43.0 Å². The van der Waals surface area contributed by atoms with Crippen LogP contribution >= 0.6 is 0 Å². The molecule has 1 amide bonds. The second-order valence-corrected chi connectivity index (χ2v) is 5.41. The largest absolute Gasteiger partial charge is 0.352 e. The molecule has 3 rings (SSSR count). The van der Waals surface area contributed by atoms with E-state index in [1.807, 2.05) is 31.3 Å². The van der Waals surface area contributed by atoms with E-state index in [-0.39, 0.29) is 5.91 Å². The molecular weight excluding hydrogens is 278 g/mol. The summed E-state index contributed by atoms with van der Waals surface area (Å²) in [5.74, 6) is 0.972. The molecular formula is C16H19N5O. The van der Waals surface area contributed by atoms with Crippen molar-refractivity contribution in [3.8, 4) is 0 Å². The molecule has 0 aliphatic heterocycles. The quantitative estimate of drug-likeness (QED) is 0.652. The highest BCUT2D eigenvalue weighted by atomic mass is 16.1. The van der Waals surface area contributed by atoms with Gasteiger partial charge in [0.05, 0.1) is 17.2 Å². The zero-order valence-electron chi connectivity index (χ0n) is 12.5. The third-order valence-electron chi connectivity index (χ3n) is 3.58. The van der Waals surface area contributed by atoms with Crippen LogP contribution in [0, 0.1) is 6.92 Å². The van der Waals surface area contributed by atoms with Crippen molar-refractivity contribution >= 4 is 16.9 Å². The number of nitrogens with zero attached hydrogens (tertiary/aromatic N) is 2. The summed E-state index contributed by atoms with van der Waals surface area (Å²) in [5, 5.41) is 9.61. The molecule has 3 N–H and O–H groups in total. The van der Waals surface area contributed by atoms with E-state index in [4.69, 9.17) is 0 Å².